The molecule has 0 spiro atoms. The molecule has 4 heteroatoms. The highest BCUT2D eigenvalue weighted by Crippen LogP contribution is 2.32. The number of hydrogen-bond acceptors (Lipinski definition) is 2. The number of rotatable bonds is 5. The van der Waals surface area contributed by atoms with E-state index in [1.807, 2.05) is 43.1 Å². The molecule has 0 fully saturated rings. The lowest BCUT2D eigenvalue weighted by molar-refractivity contribution is 0.662. The molecule has 1 N–H and O–H groups in total. The van der Waals surface area contributed by atoms with Gasteiger partial charge in [0.2, 0.25) is 0 Å². The zero-order chi connectivity index (χ0) is 13.7. The van der Waals surface area contributed by atoms with Crippen LogP contribution in [0.5, 0.6) is 0 Å². The number of thioether (sulfide) groups is 1. The van der Waals surface area contributed by atoms with Gasteiger partial charge < -0.3 is 5.32 Å². The van der Waals surface area contributed by atoms with E-state index < -0.39 is 0 Å². The lowest BCUT2D eigenvalue weighted by Gasteiger charge is -2.18. The predicted molar refractivity (Wildman–Crippen MR) is 88.1 cm³/mol. The van der Waals surface area contributed by atoms with Crippen LogP contribution < -0.4 is 5.32 Å². The van der Waals surface area contributed by atoms with Gasteiger partial charge in [0.15, 0.2) is 0 Å². The monoisotopic (exact) mass is 355 g/mol. The highest BCUT2D eigenvalue weighted by Gasteiger charge is 2.13. The van der Waals surface area contributed by atoms with Gasteiger partial charge in [-0.1, -0.05) is 41.9 Å². The van der Waals surface area contributed by atoms with Crippen molar-refractivity contribution < 1.29 is 0 Å². The summed E-state index contributed by atoms with van der Waals surface area (Å²) in [4.78, 5) is 1.25. The molecule has 0 saturated heterocycles. The van der Waals surface area contributed by atoms with Gasteiger partial charge in [-0.25, -0.2) is 0 Å². The van der Waals surface area contributed by atoms with E-state index in [4.69, 9.17) is 11.6 Å². The van der Waals surface area contributed by atoms with Crippen molar-refractivity contribution in [1.29, 1.82) is 0 Å². The smallest absolute Gasteiger partial charge is 0.0454 e. The van der Waals surface area contributed by atoms with Crippen molar-refractivity contribution in [3.63, 3.8) is 0 Å². The minimum absolute atomic E-state index is 0.241. The molecule has 0 bridgehead atoms. The largest absolute Gasteiger partial charge is 0.312 e. The minimum Gasteiger partial charge on any atom is -0.312 e. The number of benzene rings is 2. The summed E-state index contributed by atoms with van der Waals surface area (Å²) in [5.41, 5.74) is 1.14. The molecule has 1 nitrogen and oxygen atoms in total. The number of halogens is 2. The van der Waals surface area contributed by atoms with Crippen LogP contribution in [0.1, 0.15) is 11.6 Å². The summed E-state index contributed by atoms with van der Waals surface area (Å²) in [6.07, 6.45) is 0. The quantitative estimate of drug-likeness (QED) is 0.743. The fraction of sp³-hybridized carbons (Fsp3) is 0.200. The zero-order valence-electron chi connectivity index (χ0n) is 10.6. The first-order chi connectivity index (χ1) is 9.22. The lowest BCUT2D eigenvalue weighted by atomic mass is 10.1. The summed E-state index contributed by atoms with van der Waals surface area (Å²) in [6.45, 7) is 0. The standard InChI is InChI=1S/C15H15BrClNS/c1-18-14(11-6-2-4-8-13(11)17)10-19-15-9-5-3-7-12(15)16/h2-9,14,18H,10H2,1H3. The van der Waals surface area contributed by atoms with Crippen molar-refractivity contribution in [3.8, 4) is 0 Å². The van der Waals surface area contributed by atoms with E-state index in [0.717, 1.165) is 20.8 Å². The third-order valence-electron chi connectivity index (χ3n) is 2.87. The SMILES string of the molecule is CNC(CSc1ccccc1Br)c1ccccc1Cl. The van der Waals surface area contributed by atoms with Gasteiger partial charge in [0.05, 0.1) is 0 Å². The van der Waals surface area contributed by atoms with E-state index in [2.05, 4.69) is 45.5 Å². The van der Waals surface area contributed by atoms with Gasteiger partial charge in [0.1, 0.15) is 0 Å². The maximum absolute atomic E-state index is 6.25. The van der Waals surface area contributed by atoms with Crippen LogP contribution in [0.2, 0.25) is 5.02 Å². The third-order valence-corrected chi connectivity index (χ3v) is 5.34. The Hall–Kier alpha value is -0.480. The average molecular weight is 357 g/mol. The summed E-state index contributed by atoms with van der Waals surface area (Å²) in [6, 6.07) is 16.5. The molecule has 0 aromatic heterocycles. The first kappa shape index (κ1) is 14.9. The van der Waals surface area contributed by atoms with Gasteiger partial charge in [0.25, 0.3) is 0 Å². The van der Waals surface area contributed by atoms with Gasteiger partial charge in [-0.15, -0.1) is 11.8 Å². The van der Waals surface area contributed by atoms with E-state index in [-0.39, 0.29) is 6.04 Å². The summed E-state index contributed by atoms with van der Waals surface area (Å²) in [5, 5.41) is 4.14. The Morgan fingerprint density at radius 2 is 1.84 bits per heavy atom. The van der Waals surface area contributed by atoms with Crippen LogP contribution in [0, 0.1) is 0 Å². The van der Waals surface area contributed by atoms with Crippen LogP contribution in [-0.4, -0.2) is 12.8 Å². The molecule has 0 heterocycles. The molecule has 1 atom stereocenters. The van der Waals surface area contributed by atoms with E-state index in [0.29, 0.717) is 0 Å². The molecule has 0 aliphatic carbocycles. The van der Waals surface area contributed by atoms with Crippen LogP contribution in [0.4, 0.5) is 0 Å². The first-order valence-electron chi connectivity index (χ1n) is 6.01. The second-order valence-corrected chi connectivity index (χ2v) is 6.43. The maximum Gasteiger partial charge on any atom is 0.0454 e. The van der Waals surface area contributed by atoms with E-state index in [1.165, 1.54) is 4.90 Å². The second-order valence-electron chi connectivity index (χ2n) is 4.10. The van der Waals surface area contributed by atoms with Crippen molar-refractivity contribution in [1.82, 2.24) is 5.32 Å². The summed E-state index contributed by atoms with van der Waals surface area (Å²) >= 11 is 11.6. The molecule has 2 rings (SSSR count). The topological polar surface area (TPSA) is 12.0 Å². The maximum atomic E-state index is 6.25. The molecule has 19 heavy (non-hydrogen) atoms. The van der Waals surface area contributed by atoms with Gasteiger partial charge in [-0.2, -0.15) is 0 Å². The molecule has 0 aliphatic heterocycles. The van der Waals surface area contributed by atoms with Crippen molar-refractivity contribution in [2.45, 2.75) is 10.9 Å². The van der Waals surface area contributed by atoms with E-state index in [9.17, 15) is 0 Å². The summed E-state index contributed by atoms with van der Waals surface area (Å²) in [5.74, 6) is 0.933. The molecular weight excluding hydrogens is 342 g/mol. The fourth-order valence-corrected chi connectivity index (χ4v) is 3.79. The van der Waals surface area contributed by atoms with Crippen molar-refractivity contribution in [3.05, 3.63) is 63.6 Å². The lowest BCUT2D eigenvalue weighted by Crippen LogP contribution is -2.19. The Bertz CT molecular complexity index is 547. The summed E-state index contributed by atoms with van der Waals surface area (Å²) in [7, 11) is 1.97. The van der Waals surface area contributed by atoms with E-state index in [1.54, 1.807) is 0 Å². The van der Waals surface area contributed by atoms with Crippen LogP contribution in [-0.2, 0) is 0 Å². The molecule has 0 radical (unpaired) electrons. The second kappa shape index (κ2) is 7.34. The van der Waals surface area contributed by atoms with Crippen molar-refractivity contribution >= 4 is 39.3 Å². The zero-order valence-corrected chi connectivity index (χ0v) is 13.7. The molecule has 2 aromatic carbocycles. The van der Waals surface area contributed by atoms with Gasteiger partial charge in [0, 0.05) is 26.2 Å². The molecule has 0 saturated carbocycles. The Balaban J connectivity index is 2.09. The predicted octanol–water partition coefficient (Wildman–Crippen LogP) is 5.16. The number of nitrogens with one attached hydrogen (secondary N) is 1. The van der Waals surface area contributed by atoms with Crippen molar-refractivity contribution in [2.75, 3.05) is 12.8 Å². The third kappa shape index (κ3) is 3.99. The van der Waals surface area contributed by atoms with Crippen LogP contribution in [0.3, 0.4) is 0 Å². The van der Waals surface area contributed by atoms with Crippen LogP contribution in [0.15, 0.2) is 57.9 Å². The van der Waals surface area contributed by atoms with Crippen LogP contribution >= 0.6 is 39.3 Å². The highest BCUT2D eigenvalue weighted by molar-refractivity contribution is 9.10. The molecule has 2 aromatic rings. The Morgan fingerprint density at radius 3 is 2.53 bits per heavy atom. The normalized spacial score (nSPS) is 12.4. The van der Waals surface area contributed by atoms with Crippen LogP contribution in [0.25, 0.3) is 0 Å². The fourth-order valence-electron chi connectivity index (χ4n) is 1.82. The molecule has 0 amide bonds. The molecule has 0 aliphatic rings. The Kier molecular flexibility index (Phi) is 5.76. The average Bonchev–Trinajstić information content (AvgIpc) is 2.43. The van der Waals surface area contributed by atoms with Gasteiger partial charge >= 0.3 is 0 Å². The van der Waals surface area contributed by atoms with E-state index >= 15 is 0 Å². The molecule has 1 unspecified atom stereocenters. The Labute approximate surface area is 131 Å². The van der Waals surface area contributed by atoms with Crippen molar-refractivity contribution in [2.24, 2.45) is 0 Å². The molecular formula is C15H15BrClNS. The Morgan fingerprint density at radius 1 is 1.16 bits per heavy atom. The van der Waals surface area contributed by atoms with Gasteiger partial charge in [-0.3, -0.25) is 0 Å². The summed E-state index contributed by atoms with van der Waals surface area (Å²) < 4.78 is 1.13. The van der Waals surface area contributed by atoms with Gasteiger partial charge in [-0.05, 0) is 46.7 Å². The number of hydrogen-bond donors (Lipinski definition) is 1. The minimum atomic E-state index is 0.241. The highest BCUT2D eigenvalue weighted by atomic mass is 79.9. The molecule has 100 valence electrons. The first-order valence-corrected chi connectivity index (χ1v) is 8.17.